The maximum absolute atomic E-state index is 12.1. The summed E-state index contributed by atoms with van der Waals surface area (Å²) in [6.45, 7) is 10.7. The van der Waals surface area contributed by atoms with Crippen molar-refractivity contribution in [1.82, 2.24) is 15.5 Å². The molecule has 0 aliphatic carbocycles. The molecule has 2 aliphatic heterocycles. The summed E-state index contributed by atoms with van der Waals surface area (Å²) in [5.41, 5.74) is -0.402. The van der Waals surface area contributed by atoms with Gasteiger partial charge >= 0.3 is 6.09 Å². The van der Waals surface area contributed by atoms with E-state index in [2.05, 4.69) is 10.6 Å². The standard InChI is InChI=1S/C16H31N3O2/c1-16(2,3)21-15(20)19-10-4-5-13(12-19)6-9-18-14-7-8-17-11-14/h13-14,17-18H,4-12H2,1-3H3. The molecular weight excluding hydrogens is 266 g/mol. The van der Waals surface area contributed by atoms with Gasteiger partial charge in [0.15, 0.2) is 0 Å². The van der Waals surface area contributed by atoms with Crippen molar-refractivity contribution >= 4 is 6.09 Å². The fraction of sp³-hybridized carbons (Fsp3) is 0.938. The van der Waals surface area contributed by atoms with Crippen LogP contribution in [0.4, 0.5) is 4.79 Å². The summed E-state index contributed by atoms with van der Waals surface area (Å²) < 4.78 is 5.47. The van der Waals surface area contributed by atoms with Gasteiger partial charge in [0.1, 0.15) is 5.60 Å². The number of amides is 1. The molecule has 2 unspecified atom stereocenters. The first kappa shape index (κ1) is 16.6. The Morgan fingerprint density at radius 1 is 1.38 bits per heavy atom. The average Bonchev–Trinajstić information content (AvgIpc) is 2.90. The number of piperidine rings is 1. The SMILES string of the molecule is CC(C)(C)OC(=O)N1CCCC(CCNC2CCNC2)C1. The second kappa shape index (κ2) is 7.45. The number of rotatable bonds is 4. The molecular formula is C16H31N3O2. The molecule has 5 nitrogen and oxygen atoms in total. The van der Waals surface area contributed by atoms with Crippen LogP contribution < -0.4 is 10.6 Å². The van der Waals surface area contributed by atoms with Crippen LogP contribution in [0.3, 0.4) is 0 Å². The van der Waals surface area contributed by atoms with Crippen LogP contribution in [-0.2, 0) is 4.74 Å². The van der Waals surface area contributed by atoms with E-state index in [0.29, 0.717) is 12.0 Å². The molecule has 2 N–H and O–H groups in total. The molecule has 0 aromatic heterocycles. The number of hydrogen-bond acceptors (Lipinski definition) is 4. The summed E-state index contributed by atoms with van der Waals surface area (Å²) in [5, 5.41) is 6.99. The van der Waals surface area contributed by atoms with Crippen LogP contribution in [0.25, 0.3) is 0 Å². The maximum atomic E-state index is 12.1. The Balaban J connectivity index is 1.68. The Morgan fingerprint density at radius 3 is 2.86 bits per heavy atom. The van der Waals surface area contributed by atoms with Gasteiger partial charge in [0.05, 0.1) is 0 Å². The minimum absolute atomic E-state index is 0.153. The normalized spacial score (nSPS) is 26.9. The van der Waals surface area contributed by atoms with Gasteiger partial charge in [-0.3, -0.25) is 0 Å². The fourth-order valence-electron chi connectivity index (χ4n) is 3.11. The monoisotopic (exact) mass is 297 g/mol. The molecule has 2 rings (SSSR count). The second-order valence-corrected chi connectivity index (χ2v) is 7.37. The molecule has 0 aromatic carbocycles. The molecule has 2 fully saturated rings. The van der Waals surface area contributed by atoms with Crippen molar-refractivity contribution in [3.8, 4) is 0 Å². The highest BCUT2D eigenvalue weighted by Crippen LogP contribution is 2.21. The van der Waals surface area contributed by atoms with Crippen LogP contribution in [0.1, 0.15) is 46.5 Å². The Hall–Kier alpha value is -0.810. The lowest BCUT2D eigenvalue weighted by Crippen LogP contribution is -2.43. The molecule has 2 aliphatic rings. The van der Waals surface area contributed by atoms with Gasteiger partial charge in [0, 0.05) is 25.7 Å². The Labute approximate surface area is 128 Å². The molecule has 0 saturated carbocycles. The van der Waals surface area contributed by atoms with Crippen molar-refractivity contribution in [2.75, 3.05) is 32.7 Å². The van der Waals surface area contributed by atoms with E-state index in [0.717, 1.165) is 45.6 Å². The third-order valence-corrected chi connectivity index (χ3v) is 4.22. The lowest BCUT2D eigenvalue weighted by molar-refractivity contribution is 0.0161. The first-order chi connectivity index (χ1) is 9.94. The highest BCUT2D eigenvalue weighted by atomic mass is 16.6. The van der Waals surface area contributed by atoms with Crippen LogP contribution in [0.5, 0.6) is 0 Å². The highest BCUT2D eigenvalue weighted by molar-refractivity contribution is 5.68. The summed E-state index contributed by atoms with van der Waals surface area (Å²) >= 11 is 0. The van der Waals surface area contributed by atoms with E-state index in [1.165, 1.54) is 12.8 Å². The summed E-state index contributed by atoms with van der Waals surface area (Å²) in [4.78, 5) is 14.0. The molecule has 0 aromatic rings. The molecule has 0 bridgehead atoms. The van der Waals surface area contributed by atoms with E-state index in [4.69, 9.17) is 4.74 Å². The Bertz CT molecular complexity index is 335. The quantitative estimate of drug-likeness (QED) is 0.833. The number of nitrogens with zero attached hydrogens (tertiary/aromatic N) is 1. The lowest BCUT2D eigenvalue weighted by atomic mass is 9.95. The minimum atomic E-state index is -0.402. The summed E-state index contributed by atoms with van der Waals surface area (Å²) in [6.07, 6.45) is 4.55. The van der Waals surface area contributed by atoms with Gasteiger partial charge in [-0.2, -0.15) is 0 Å². The van der Waals surface area contributed by atoms with Crippen LogP contribution >= 0.6 is 0 Å². The number of likely N-dealkylation sites (tertiary alicyclic amines) is 1. The van der Waals surface area contributed by atoms with Gasteiger partial charge in [-0.25, -0.2) is 4.79 Å². The van der Waals surface area contributed by atoms with Gasteiger partial charge in [0.25, 0.3) is 0 Å². The van der Waals surface area contributed by atoms with Crippen molar-refractivity contribution < 1.29 is 9.53 Å². The average molecular weight is 297 g/mol. The van der Waals surface area contributed by atoms with Crippen molar-refractivity contribution in [3.05, 3.63) is 0 Å². The van der Waals surface area contributed by atoms with Crippen LogP contribution in [0.2, 0.25) is 0 Å². The van der Waals surface area contributed by atoms with E-state index >= 15 is 0 Å². The molecule has 2 atom stereocenters. The topological polar surface area (TPSA) is 53.6 Å². The molecule has 0 spiro atoms. The van der Waals surface area contributed by atoms with Crippen LogP contribution in [0, 0.1) is 5.92 Å². The van der Waals surface area contributed by atoms with Crippen LogP contribution in [-0.4, -0.2) is 55.4 Å². The predicted molar refractivity (Wildman–Crippen MR) is 84.4 cm³/mol. The number of hydrogen-bond donors (Lipinski definition) is 2. The number of ether oxygens (including phenoxy) is 1. The van der Waals surface area contributed by atoms with Gasteiger partial charge in [-0.1, -0.05) is 0 Å². The smallest absolute Gasteiger partial charge is 0.410 e. The zero-order valence-corrected chi connectivity index (χ0v) is 13.8. The first-order valence-electron chi connectivity index (χ1n) is 8.36. The molecule has 2 saturated heterocycles. The van der Waals surface area contributed by atoms with Crippen molar-refractivity contribution in [1.29, 1.82) is 0 Å². The van der Waals surface area contributed by atoms with E-state index in [1.54, 1.807) is 0 Å². The summed E-state index contributed by atoms with van der Waals surface area (Å²) in [5.74, 6) is 0.605. The second-order valence-electron chi connectivity index (χ2n) is 7.37. The van der Waals surface area contributed by atoms with Gasteiger partial charge in [-0.05, 0) is 65.5 Å². The molecule has 1 amide bonds. The van der Waals surface area contributed by atoms with E-state index < -0.39 is 5.60 Å². The van der Waals surface area contributed by atoms with Crippen molar-refractivity contribution in [2.24, 2.45) is 5.92 Å². The maximum Gasteiger partial charge on any atom is 0.410 e. The number of nitrogens with one attached hydrogen (secondary N) is 2. The van der Waals surface area contributed by atoms with E-state index in [-0.39, 0.29) is 6.09 Å². The zero-order valence-electron chi connectivity index (χ0n) is 13.8. The van der Waals surface area contributed by atoms with Gasteiger partial charge in [0.2, 0.25) is 0 Å². The van der Waals surface area contributed by atoms with Gasteiger partial charge in [-0.15, -0.1) is 0 Å². The summed E-state index contributed by atoms with van der Waals surface area (Å²) in [7, 11) is 0. The third kappa shape index (κ3) is 5.83. The Morgan fingerprint density at radius 2 is 2.19 bits per heavy atom. The zero-order chi connectivity index (χ0) is 15.3. The predicted octanol–water partition coefficient (Wildman–Crippen LogP) is 1.98. The number of carbonyl (C=O) groups is 1. The first-order valence-corrected chi connectivity index (χ1v) is 8.36. The Kier molecular flexibility index (Phi) is 5.88. The van der Waals surface area contributed by atoms with Gasteiger partial charge < -0.3 is 20.3 Å². The third-order valence-electron chi connectivity index (χ3n) is 4.22. The van der Waals surface area contributed by atoms with Crippen molar-refractivity contribution in [2.45, 2.75) is 58.1 Å². The van der Waals surface area contributed by atoms with E-state index in [1.807, 2.05) is 25.7 Å². The molecule has 5 heteroatoms. The minimum Gasteiger partial charge on any atom is -0.444 e. The number of carbonyl (C=O) groups excluding carboxylic acids is 1. The summed E-state index contributed by atoms with van der Waals surface area (Å²) in [6, 6.07) is 0.635. The van der Waals surface area contributed by atoms with Crippen molar-refractivity contribution in [3.63, 3.8) is 0 Å². The lowest BCUT2D eigenvalue weighted by Gasteiger charge is -2.34. The fourth-order valence-corrected chi connectivity index (χ4v) is 3.11. The molecule has 0 radical (unpaired) electrons. The largest absolute Gasteiger partial charge is 0.444 e. The highest BCUT2D eigenvalue weighted by Gasteiger charge is 2.27. The molecule has 21 heavy (non-hydrogen) atoms. The molecule has 122 valence electrons. The van der Waals surface area contributed by atoms with Crippen LogP contribution in [0.15, 0.2) is 0 Å². The van der Waals surface area contributed by atoms with E-state index in [9.17, 15) is 4.79 Å². The molecule has 2 heterocycles.